The van der Waals surface area contributed by atoms with Crippen molar-refractivity contribution in [3.05, 3.63) is 47.7 Å². The van der Waals surface area contributed by atoms with Gasteiger partial charge in [0.15, 0.2) is 0 Å². The molecule has 2 aliphatic rings. The number of likely N-dealkylation sites (tertiary alicyclic amines) is 1. The number of ether oxygens (including phenoxy) is 1. The fourth-order valence-electron chi connectivity index (χ4n) is 12.5. The molecule has 14 atom stereocenters. The normalized spacial score (nSPS) is 21.7. The Hall–Kier alpha value is -9.03. The van der Waals surface area contributed by atoms with E-state index in [4.69, 9.17) is 10.5 Å². The van der Waals surface area contributed by atoms with Crippen LogP contribution in [0, 0.1) is 47.3 Å². The fraction of sp³-hybridized carbons (Fsp3) is 0.701. The third-order valence-corrected chi connectivity index (χ3v) is 19.4. The summed E-state index contributed by atoms with van der Waals surface area (Å²) in [5, 5.41) is 41.8. The molecule has 0 saturated carbocycles. The molecule has 606 valence electrons. The highest BCUT2D eigenvalue weighted by atomic mass is 16.5. The van der Waals surface area contributed by atoms with Crippen molar-refractivity contribution >= 4 is 88.7 Å². The van der Waals surface area contributed by atoms with E-state index < -0.39 is 215 Å². The molecule has 0 radical (unpaired) electrons. The minimum atomic E-state index is -1.83. The Morgan fingerprint density at radius 1 is 0.583 bits per heavy atom. The quantitative estimate of drug-likeness (QED) is 0.0261. The molecule has 2 saturated heterocycles. The summed E-state index contributed by atoms with van der Waals surface area (Å²) in [7, 11) is 0. The molecule has 2 fully saturated rings. The van der Waals surface area contributed by atoms with Gasteiger partial charge in [0.05, 0.1) is 0 Å². The maximum absolute atomic E-state index is 15.0. The molecule has 1 aromatic carbocycles. The zero-order valence-corrected chi connectivity index (χ0v) is 66.7. The number of carboxylic acids is 1. The van der Waals surface area contributed by atoms with Crippen molar-refractivity contribution in [2.24, 2.45) is 53.1 Å². The van der Waals surface area contributed by atoms with E-state index in [2.05, 4.69) is 77.6 Å². The molecule has 0 spiro atoms. The highest BCUT2D eigenvalue weighted by Gasteiger charge is 2.44. The van der Waals surface area contributed by atoms with Gasteiger partial charge in [0.25, 0.3) is 5.91 Å². The number of hydrogen-bond donors (Lipinski definition) is 14. The van der Waals surface area contributed by atoms with E-state index in [1.54, 1.807) is 127 Å². The summed E-state index contributed by atoms with van der Waals surface area (Å²) in [5.74, 6) is -16.5. The number of nitrogens with two attached hydrogens (primary N) is 1. The van der Waals surface area contributed by atoms with Gasteiger partial charge in [-0.05, 0) is 112 Å². The van der Waals surface area contributed by atoms with E-state index >= 15 is 4.79 Å². The first-order valence-electron chi connectivity index (χ1n) is 38.5. The summed E-state index contributed by atoms with van der Waals surface area (Å²) >= 11 is 0. The number of cyclic esters (lactones) is 1. The van der Waals surface area contributed by atoms with Gasteiger partial charge in [-0.2, -0.15) is 0 Å². The number of aliphatic carboxylic acids is 1. The molecule has 31 heteroatoms. The second-order valence-electron chi connectivity index (χ2n) is 31.0. The Bertz CT molecular complexity index is 3270. The SMILES string of the molecule is C/C=C1\NC(=O)[C@H](Cc2ccccc2)NC(=O)[C@H](C(C)C)NC(=O)[C@H](C(C)C)NC(=O)[C@H](NC(=O)[C@H](NC(=O)[C@H](CCCN)NC(=O)[C@H]2CCCN2C(=O)[C@@H](NC(=O)[C@@H](NC(=O)[C@@H](NC(=O)[C@@H](CCC(=O)O)NC(=O)CCCCCC(C)C)C(C)C)C(C)C)C(C)C)[C@@H](C)CC)[C@@H](C)OC(=O)[C@H](C(C)C)NC1=O. The largest absolute Gasteiger partial charge is 0.481 e. The van der Waals surface area contributed by atoms with Crippen molar-refractivity contribution in [2.75, 3.05) is 13.1 Å². The number of hydrogen-bond acceptors (Lipinski definition) is 17. The number of nitrogens with zero attached hydrogens (tertiary/aromatic N) is 1. The molecule has 15 N–H and O–H groups in total. The van der Waals surface area contributed by atoms with Crippen LogP contribution in [0.4, 0.5) is 0 Å². The van der Waals surface area contributed by atoms with Gasteiger partial charge in [0.2, 0.25) is 70.9 Å². The van der Waals surface area contributed by atoms with Crippen LogP contribution < -0.4 is 69.5 Å². The number of rotatable bonds is 36. The number of allylic oxidation sites excluding steroid dienone is 1. The molecule has 108 heavy (non-hydrogen) atoms. The van der Waals surface area contributed by atoms with Crippen LogP contribution in [-0.2, 0) is 83.1 Å². The predicted octanol–water partition coefficient (Wildman–Crippen LogP) is 2.71. The van der Waals surface area contributed by atoms with Gasteiger partial charge in [-0.15, -0.1) is 0 Å². The van der Waals surface area contributed by atoms with E-state index in [0.29, 0.717) is 24.3 Å². The minimum Gasteiger partial charge on any atom is -0.481 e. The first-order valence-corrected chi connectivity index (χ1v) is 38.5. The molecule has 0 unspecified atom stereocenters. The summed E-state index contributed by atoms with van der Waals surface area (Å²) in [6, 6.07) is -7.64. The van der Waals surface area contributed by atoms with E-state index in [-0.39, 0.29) is 63.7 Å². The minimum absolute atomic E-state index is 0.0393. The van der Waals surface area contributed by atoms with E-state index in [1.165, 1.54) is 24.8 Å². The molecule has 2 aliphatic heterocycles. The number of carbonyl (C=O) groups is 15. The molecule has 1 aromatic rings. The molecule has 0 aliphatic carbocycles. The number of amides is 13. The van der Waals surface area contributed by atoms with Crippen molar-refractivity contribution in [3.63, 3.8) is 0 Å². The van der Waals surface area contributed by atoms with E-state index in [9.17, 15) is 72.2 Å². The Morgan fingerprint density at radius 2 is 1.11 bits per heavy atom. The number of nitrogens with one attached hydrogen (secondary N) is 12. The monoisotopic (exact) mass is 1520 g/mol. The first kappa shape index (κ1) is 93.2. The van der Waals surface area contributed by atoms with E-state index in [0.717, 1.165) is 19.3 Å². The topological polar surface area (TPSA) is 459 Å². The third-order valence-electron chi connectivity index (χ3n) is 19.4. The molecule has 13 amide bonds. The van der Waals surface area contributed by atoms with Crippen LogP contribution in [0.1, 0.15) is 207 Å². The van der Waals surface area contributed by atoms with Gasteiger partial charge in [-0.1, -0.05) is 173 Å². The van der Waals surface area contributed by atoms with Gasteiger partial charge in [-0.25, -0.2) is 4.79 Å². The summed E-state index contributed by atoms with van der Waals surface area (Å²) < 4.78 is 5.94. The fourth-order valence-corrected chi connectivity index (χ4v) is 12.5. The smallest absolute Gasteiger partial charge is 0.329 e. The number of unbranched alkanes of at least 4 members (excludes halogenated alkanes) is 2. The lowest BCUT2D eigenvalue weighted by molar-refractivity contribution is -0.157. The summed E-state index contributed by atoms with van der Waals surface area (Å²) in [6.45, 7) is 30.2. The lowest BCUT2D eigenvalue weighted by Gasteiger charge is -2.33. The van der Waals surface area contributed by atoms with Gasteiger partial charge >= 0.3 is 11.9 Å². The van der Waals surface area contributed by atoms with Crippen LogP contribution in [0.5, 0.6) is 0 Å². The average molecular weight is 1520 g/mol. The second kappa shape index (κ2) is 45.7. The zero-order valence-electron chi connectivity index (χ0n) is 66.7. The maximum Gasteiger partial charge on any atom is 0.329 e. The zero-order chi connectivity index (χ0) is 81.6. The highest BCUT2D eigenvalue weighted by molar-refractivity contribution is 6.03. The lowest BCUT2D eigenvalue weighted by Crippen LogP contribution is -2.64. The summed E-state index contributed by atoms with van der Waals surface area (Å²) in [5.41, 5.74) is 6.33. The van der Waals surface area contributed by atoms with Crippen molar-refractivity contribution in [1.29, 1.82) is 0 Å². The van der Waals surface area contributed by atoms with E-state index in [1.807, 2.05) is 0 Å². The van der Waals surface area contributed by atoms with Crippen LogP contribution in [0.3, 0.4) is 0 Å². The molecular weight excluding hydrogens is 1390 g/mol. The Balaban J connectivity index is 1.97. The molecule has 31 nitrogen and oxygen atoms in total. The molecule has 3 rings (SSSR count). The van der Waals surface area contributed by atoms with Crippen molar-refractivity contribution in [1.82, 2.24) is 68.7 Å². The Morgan fingerprint density at radius 3 is 1.63 bits per heavy atom. The Labute approximate surface area is 637 Å². The van der Waals surface area contributed by atoms with Crippen LogP contribution in [0.2, 0.25) is 0 Å². The predicted molar refractivity (Wildman–Crippen MR) is 405 cm³/mol. The lowest BCUT2D eigenvalue weighted by atomic mass is 9.96. The highest BCUT2D eigenvalue weighted by Crippen LogP contribution is 2.23. The first-order chi connectivity index (χ1) is 50.7. The van der Waals surface area contributed by atoms with Gasteiger partial charge in [0.1, 0.15) is 84.3 Å². The molecule has 0 bridgehead atoms. The van der Waals surface area contributed by atoms with Gasteiger partial charge in [0, 0.05) is 25.8 Å². The Kier molecular flexibility index (Phi) is 39.4. The second-order valence-corrected chi connectivity index (χ2v) is 31.0. The molecular formula is C77H126N14O17. The maximum atomic E-state index is 15.0. The van der Waals surface area contributed by atoms with Crippen LogP contribution >= 0.6 is 0 Å². The summed E-state index contributed by atoms with van der Waals surface area (Å²) in [4.78, 5) is 214. The molecule has 0 aromatic heterocycles. The van der Waals surface area contributed by atoms with Crippen molar-refractivity contribution in [2.45, 2.75) is 287 Å². The number of carbonyl (C=O) groups excluding carboxylic acids is 14. The number of esters is 1. The molecule has 2 heterocycles. The van der Waals surface area contributed by atoms with Crippen molar-refractivity contribution < 1.29 is 81.8 Å². The van der Waals surface area contributed by atoms with Crippen LogP contribution in [0.25, 0.3) is 0 Å². The van der Waals surface area contributed by atoms with Gasteiger partial charge < -0.3 is 84.3 Å². The standard InChI is InChI=1S/C77H126N14O17/c1-19-47(17)63(74(104)90-64-48(18)108-77(107)62(46(15)16)88-65(95)50(20-2)80-68(98)53(39-49-30-24-22-25-31-49)82-70(100)57(41(5)6)84-72(102)59(43(9)10)86-75(64)105)89-66(96)51(32-27-37-78)81-69(99)54-33-28-38-91(54)76(106)61(45(13)14)87-73(103)60(44(11)12)85-71(101)58(42(7)8)83-67(97)52(35-36-56(93)94)79-55(92)34-26-21-23-29-40(3)4/h20,22,24-25,30-31,40-48,51-54,57-64H,19,21,23,26-29,32-39,78H2,1-18H3,(H,79,92)(H,80,98)(H,81,99)(H,82,100)(H,83,97)(H,84,102)(H,85,101)(H,86,105)(H,87,103)(H,88,95)(H,89,96)(H,90,104)(H,93,94)/b50-20-/t47-,48+,51-,52+,53-,54+,57-,58-,59-,60-,61-,62-,63+,64+/m0/s1. The third kappa shape index (κ3) is 29.5. The number of carboxylic acid groups (broad SMARTS) is 1. The average Bonchev–Trinajstić information content (AvgIpc) is 1.44. The van der Waals surface area contributed by atoms with Gasteiger partial charge in [-0.3, -0.25) is 67.1 Å². The summed E-state index contributed by atoms with van der Waals surface area (Å²) in [6.07, 6.45) is 3.21. The number of benzene rings is 1. The van der Waals surface area contributed by atoms with Crippen LogP contribution in [-0.4, -0.2) is 190 Å². The van der Waals surface area contributed by atoms with Crippen molar-refractivity contribution in [3.8, 4) is 0 Å². The van der Waals surface area contributed by atoms with Crippen LogP contribution in [0.15, 0.2) is 42.1 Å².